The normalized spacial score (nSPS) is 17.1. The quantitative estimate of drug-likeness (QED) is 0.781. The average molecular weight is 341 g/mol. The number of aromatic nitrogens is 3. The van der Waals surface area contributed by atoms with Crippen molar-refractivity contribution in [2.75, 3.05) is 20.1 Å². The molecular weight excluding hydrogens is 318 g/mol. The molecule has 132 valence electrons. The van der Waals surface area contributed by atoms with E-state index >= 15 is 0 Å². The molecule has 0 aliphatic carbocycles. The fourth-order valence-corrected chi connectivity index (χ4v) is 3.12. The number of hydrogen-bond donors (Lipinski definition) is 0. The minimum absolute atomic E-state index is 0.0365. The summed E-state index contributed by atoms with van der Waals surface area (Å²) < 4.78 is 1.75. The van der Waals surface area contributed by atoms with Crippen LogP contribution in [0.15, 0.2) is 36.9 Å². The Balaban J connectivity index is 1.52. The Morgan fingerprint density at radius 1 is 1.32 bits per heavy atom. The molecule has 0 N–H and O–H groups in total. The summed E-state index contributed by atoms with van der Waals surface area (Å²) in [6.07, 6.45) is 8.25. The monoisotopic (exact) mass is 341 g/mol. The second kappa shape index (κ2) is 7.46. The van der Waals surface area contributed by atoms with Gasteiger partial charge in [0, 0.05) is 58.7 Å². The van der Waals surface area contributed by atoms with Crippen LogP contribution in [0.1, 0.15) is 17.5 Å². The van der Waals surface area contributed by atoms with Gasteiger partial charge in [-0.15, -0.1) is 0 Å². The van der Waals surface area contributed by atoms with Crippen molar-refractivity contribution >= 4 is 11.8 Å². The topological polar surface area (TPSA) is 71.3 Å². The van der Waals surface area contributed by atoms with Gasteiger partial charge in [0.25, 0.3) is 0 Å². The Bertz CT molecular complexity index is 743. The number of hydrogen-bond acceptors (Lipinski definition) is 4. The molecule has 2 aromatic rings. The van der Waals surface area contributed by atoms with E-state index < -0.39 is 0 Å². The molecule has 7 heteroatoms. The maximum atomic E-state index is 12.6. The number of amides is 2. The molecule has 0 aromatic carbocycles. The van der Waals surface area contributed by atoms with Crippen molar-refractivity contribution in [3.63, 3.8) is 0 Å². The van der Waals surface area contributed by atoms with Crippen LogP contribution >= 0.6 is 0 Å². The molecule has 0 radical (unpaired) electrons. The molecule has 2 aromatic heterocycles. The lowest BCUT2D eigenvalue weighted by atomic mass is 10.1. The van der Waals surface area contributed by atoms with Gasteiger partial charge in [-0.05, 0) is 29.7 Å². The minimum Gasteiger partial charge on any atom is -0.345 e. The van der Waals surface area contributed by atoms with E-state index in [4.69, 9.17) is 0 Å². The number of nitrogens with zero attached hydrogens (tertiary/aromatic N) is 5. The van der Waals surface area contributed by atoms with Gasteiger partial charge >= 0.3 is 0 Å². The first-order chi connectivity index (χ1) is 12.0. The standard InChI is InChI=1S/C18H23N5O2/c1-21(8-5-15-10-20-22(2)11-15)18(25)16-9-17(24)23(13-16)12-14-3-6-19-7-4-14/h3-4,6-7,10-11,16H,5,8-9,12-13H2,1-2H3/t16-/m0/s1. The first-order valence-electron chi connectivity index (χ1n) is 8.42. The molecule has 1 aliphatic rings. The third-order valence-corrected chi connectivity index (χ3v) is 4.56. The molecule has 1 atom stereocenters. The van der Waals surface area contributed by atoms with Crippen LogP contribution in [0, 0.1) is 5.92 Å². The van der Waals surface area contributed by atoms with Crippen LogP contribution in [-0.2, 0) is 29.6 Å². The number of likely N-dealkylation sites (N-methyl/N-ethyl adjacent to an activating group) is 1. The Hall–Kier alpha value is -2.70. The van der Waals surface area contributed by atoms with Crippen LogP contribution in [0.3, 0.4) is 0 Å². The second-order valence-corrected chi connectivity index (χ2v) is 6.56. The van der Waals surface area contributed by atoms with E-state index in [1.165, 1.54) is 0 Å². The summed E-state index contributed by atoms with van der Waals surface area (Å²) in [7, 11) is 3.68. The predicted octanol–water partition coefficient (Wildman–Crippen LogP) is 0.865. The molecule has 3 rings (SSSR count). The van der Waals surface area contributed by atoms with Gasteiger partial charge in [0.05, 0.1) is 12.1 Å². The summed E-state index contributed by atoms with van der Waals surface area (Å²) in [5.74, 6) is -0.182. The minimum atomic E-state index is -0.256. The van der Waals surface area contributed by atoms with Gasteiger partial charge in [-0.2, -0.15) is 5.10 Å². The molecule has 3 heterocycles. The molecule has 2 amide bonds. The van der Waals surface area contributed by atoms with Crippen LogP contribution in [-0.4, -0.2) is 56.5 Å². The molecule has 0 spiro atoms. The van der Waals surface area contributed by atoms with Crippen LogP contribution in [0.5, 0.6) is 0 Å². The zero-order valence-corrected chi connectivity index (χ0v) is 14.6. The van der Waals surface area contributed by atoms with Crippen molar-refractivity contribution < 1.29 is 9.59 Å². The highest BCUT2D eigenvalue weighted by Crippen LogP contribution is 2.22. The van der Waals surface area contributed by atoms with Crippen LogP contribution in [0.25, 0.3) is 0 Å². The number of carbonyl (C=O) groups excluding carboxylic acids is 2. The lowest BCUT2D eigenvalue weighted by molar-refractivity contribution is -0.134. The third-order valence-electron chi connectivity index (χ3n) is 4.56. The molecule has 25 heavy (non-hydrogen) atoms. The molecule has 0 saturated carbocycles. The maximum absolute atomic E-state index is 12.6. The summed E-state index contributed by atoms with van der Waals surface area (Å²) in [5, 5.41) is 4.13. The van der Waals surface area contributed by atoms with Crippen molar-refractivity contribution in [2.45, 2.75) is 19.4 Å². The summed E-state index contributed by atoms with van der Waals surface area (Å²) in [5.41, 5.74) is 2.13. The summed E-state index contributed by atoms with van der Waals surface area (Å²) in [6, 6.07) is 3.78. The molecule has 0 unspecified atom stereocenters. The smallest absolute Gasteiger partial charge is 0.227 e. The van der Waals surface area contributed by atoms with Crippen molar-refractivity contribution in [2.24, 2.45) is 13.0 Å². The van der Waals surface area contributed by atoms with E-state index in [1.54, 1.807) is 33.9 Å². The zero-order chi connectivity index (χ0) is 17.8. The average Bonchev–Trinajstić information content (AvgIpc) is 3.19. The highest BCUT2D eigenvalue weighted by Gasteiger charge is 2.35. The predicted molar refractivity (Wildman–Crippen MR) is 92.3 cm³/mol. The molecule has 7 nitrogen and oxygen atoms in total. The third kappa shape index (κ3) is 4.23. The molecular formula is C18H23N5O2. The number of carbonyl (C=O) groups is 2. The van der Waals surface area contributed by atoms with E-state index in [-0.39, 0.29) is 17.7 Å². The van der Waals surface area contributed by atoms with Gasteiger partial charge in [-0.25, -0.2) is 0 Å². The van der Waals surface area contributed by atoms with Crippen LogP contribution in [0.4, 0.5) is 0 Å². The second-order valence-electron chi connectivity index (χ2n) is 6.56. The Labute approximate surface area is 147 Å². The van der Waals surface area contributed by atoms with E-state index in [0.29, 0.717) is 26.1 Å². The highest BCUT2D eigenvalue weighted by molar-refractivity contribution is 5.89. The Morgan fingerprint density at radius 3 is 2.76 bits per heavy atom. The van der Waals surface area contributed by atoms with Crippen molar-refractivity contribution in [1.29, 1.82) is 0 Å². The molecule has 1 saturated heterocycles. The number of rotatable bonds is 6. The Kier molecular flexibility index (Phi) is 5.11. The fraction of sp³-hybridized carbons (Fsp3) is 0.444. The van der Waals surface area contributed by atoms with E-state index in [2.05, 4.69) is 10.1 Å². The van der Waals surface area contributed by atoms with Gasteiger partial charge in [0.15, 0.2) is 0 Å². The van der Waals surface area contributed by atoms with Crippen molar-refractivity contribution in [3.05, 3.63) is 48.0 Å². The SMILES string of the molecule is CN(CCc1cnn(C)c1)C(=O)[C@H]1CC(=O)N(Cc2ccncc2)C1. The van der Waals surface area contributed by atoms with Gasteiger partial charge in [-0.1, -0.05) is 0 Å². The summed E-state index contributed by atoms with van der Waals surface area (Å²) in [6.45, 7) is 1.64. The number of pyridine rings is 1. The van der Waals surface area contributed by atoms with Crippen LogP contribution in [0.2, 0.25) is 0 Å². The van der Waals surface area contributed by atoms with Crippen molar-refractivity contribution in [3.8, 4) is 0 Å². The van der Waals surface area contributed by atoms with Gasteiger partial charge in [0.2, 0.25) is 11.8 Å². The van der Waals surface area contributed by atoms with Crippen LogP contribution < -0.4 is 0 Å². The number of likely N-dealkylation sites (tertiary alicyclic amines) is 1. The van der Waals surface area contributed by atoms with E-state index in [9.17, 15) is 9.59 Å². The van der Waals surface area contributed by atoms with Gasteiger partial charge in [0.1, 0.15) is 0 Å². The largest absolute Gasteiger partial charge is 0.345 e. The Morgan fingerprint density at radius 2 is 2.08 bits per heavy atom. The first kappa shape index (κ1) is 17.1. The lowest BCUT2D eigenvalue weighted by Crippen LogP contribution is -2.35. The highest BCUT2D eigenvalue weighted by atomic mass is 16.2. The number of aryl methyl sites for hydroxylation is 1. The zero-order valence-electron chi connectivity index (χ0n) is 14.6. The summed E-state index contributed by atoms with van der Waals surface area (Å²) >= 11 is 0. The molecule has 1 fully saturated rings. The van der Waals surface area contributed by atoms with E-state index in [0.717, 1.165) is 17.5 Å². The maximum Gasteiger partial charge on any atom is 0.227 e. The molecule has 1 aliphatic heterocycles. The van der Waals surface area contributed by atoms with Gasteiger partial charge < -0.3 is 9.80 Å². The fourth-order valence-electron chi connectivity index (χ4n) is 3.12. The van der Waals surface area contributed by atoms with Gasteiger partial charge in [-0.3, -0.25) is 19.3 Å². The molecule has 0 bridgehead atoms. The van der Waals surface area contributed by atoms with Crippen molar-refractivity contribution in [1.82, 2.24) is 24.6 Å². The first-order valence-corrected chi connectivity index (χ1v) is 8.42. The summed E-state index contributed by atoms with van der Waals surface area (Å²) in [4.78, 5) is 32.3. The van der Waals surface area contributed by atoms with E-state index in [1.807, 2.05) is 31.6 Å². The lowest BCUT2D eigenvalue weighted by Gasteiger charge is -2.21.